The standard InChI is InChI=1S/C13H19NOS/c1-10(2)12-4-3-11-5-6-14(7-8-15)16-13(11)9-12/h3-4,9-10,15H,5-8H2,1-2H3. The number of rotatable bonds is 3. The zero-order valence-corrected chi connectivity index (χ0v) is 10.8. The quantitative estimate of drug-likeness (QED) is 0.818. The second-order valence-corrected chi connectivity index (χ2v) is 5.65. The molecule has 2 nitrogen and oxygen atoms in total. The molecule has 0 amide bonds. The fraction of sp³-hybridized carbons (Fsp3) is 0.538. The lowest BCUT2D eigenvalue weighted by atomic mass is 10.0. The minimum absolute atomic E-state index is 0.242. The topological polar surface area (TPSA) is 23.5 Å². The average molecular weight is 237 g/mol. The fourth-order valence-corrected chi connectivity index (χ4v) is 3.03. The molecule has 0 aliphatic carbocycles. The predicted octanol–water partition coefficient (Wildman–Crippen LogP) is 2.67. The molecule has 3 heteroatoms. The molecule has 0 saturated heterocycles. The van der Waals surface area contributed by atoms with Gasteiger partial charge in [0.25, 0.3) is 0 Å². The molecule has 0 fully saturated rings. The molecule has 1 aromatic carbocycles. The monoisotopic (exact) mass is 237 g/mol. The second-order valence-electron chi connectivity index (χ2n) is 4.52. The molecule has 1 heterocycles. The molecule has 2 rings (SSSR count). The van der Waals surface area contributed by atoms with Crippen LogP contribution in [0.1, 0.15) is 30.9 Å². The zero-order valence-electron chi connectivity index (χ0n) is 9.94. The van der Waals surface area contributed by atoms with E-state index in [4.69, 9.17) is 5.11 Å². The summed E-state index contributed by atoms with van der Waals surface area (Å²) in [6.45, 7) is 6.49. The fourth-order valence-electron chi connectivity index (χ4n) is 1.92. The maximum absolute atomic E-state index is 8.95. The Morgan fingerprint density at radius 2 is 2.25 bits per heavy atom. The highest BCUT2D eigenvalue weighted by molar-refractivity contribution is 7.97. The summed E-state index contributed by atoms with van der Waals surface area (Å²) in [6.07, 6.45) is 1.10. The highest BCUT2D eigenvalue weighted by Crippen LogP contribution is 2.33. The number of aliphatic hydroxyl groups is 1. The van der Waals surface area contributed by atoms with Crippen LogP contribution in [0.3, 0.4) is 0 Å². The van der Waals surface area contributed by atoms with Crippen molar-refractivity contribution in [1.82, 2.24) is 4.31 Å². The van der Waals surface area contributed by atoms with Crippen LogP contribution in [0.15, 0.2) is 23.1 Å². The van der Waals surface area contributed by atoms with Gasteiger partial charge >= 0.3 is 0 Å². The number of β-amino-alcohol motifs (C(OH)–C–C–N with tert-alkyl or cyclic N) is 1. The van der Waals surface area contributed by atoms with Crippen molar-refractivity contribution in [2.45, 2.75) is 31.1 Å². The molecule has 0 unspecified atom stereocenters. The van der Waals surface area contributed by atoms with Crippen molar-refractivity contribution < 1.29 is 5.11 Å². The Labute approximate surface area is 102 Å². The normalized spacial score (nSPS) is 16.5. The highest BCUT2D eigenvalue weighted by atomic mass is 32.2. The molecule has 1 aliphatic heterocycles. The predicted molar refractivity (Wildman–Crippen MR) is 68.8 cm³/mol. The van der Waals surface area contributed by atoms with Crippen LogP contribution in [-0.4, -0.2) is 29.1 Å². The third-order valence-corrected chi connectivity index (χ3v) is 4.17. The first kappa shape index (κ1) is 12.0. The molecule has 0 atom stereocenters. The van der Waals surface area contributed by atoms with Gasteiger partial charge in [0.1, 0.15) is 0 Å². The lowest BCUT2D eigenvalue weighted by Gasteiger charge is -2.27. The van der Waals surface area contributed by atoms with Gasteiger partial charge < -0.3 is 5.11 Å². The van der Waals surface area contributed by atoms with Crippen molar-refractivity contribution in [2.24, 2.45) is 0 Å². The van der Waals surface area contributed by atoms with Gasteiger partial charge in [-0.1, -0.05) is 26.0 Å². The van der Waals surface area contributed by atoms with Crippen LogP contribution in [0.25, 0.3) is 0 Å². The second kappa shape index (κ2) is 5.21. The van der Waals surface area contributed by atoms with Crippen molar-refractivity contribution >= 4 is 11.9 Å². The van der Waals surface area contributed by atoms with Crippen LogP contribution in [0.2, 0.25) is 0 Å². The van der Waals surface area contributed by atoms with E-state index in [0.29, 0.717) is 5.92 Å². The number of fused-ring (bicyclic) bond motifs is 1. The third-order valence-electron chi connectivity index (χ3n) is 2.97. The largest absolute Gasteiger partial charge is 0.395 e. The zero-order chi connectivity index (χ0) is 11.5. The molecule has 0 bridgehead atoms. The summed E-state index contributed by atoms with van der Waals surface area (Å²) in [5.74, 6) is 0.583. The molecule has 1 aromatic rings. The highest BCUT2D eigenvalue weighted by Gasteiger charge is 2.17. The molecule has 0 radical (unpaired) electrons. The van der Waals surface area contributed by atoms with Gasteiger partial charge in [0, 0.05) is 18.0 Å². The molecular formula is C13H19NOS. The van der Waals surface area contributed by atoms with Gasteiger partial charge in [-0.15, -0.1) is 0 Å². The Bertz CT molecular complexity index is 365. The van der Waals surface area contributed by atoms with Crippen LogP contribution >= 0.6 is 11.9 Å². The van der Waals surface area contributed by atoms with Crippen molar-refractivity contribution in [2.75, 3.05) is 19.7 Å². The Hall–Kier alpha value is -0.510. The minimum Gasteiger partial charge on any atom is -0.395 e. The summed E-state index contributed by atoms with van der Waals surface area (Å²) < 4.78 is 2.24. The molecule has 88 valence electrons. The summed E-state index contributed by atoms with van der Waals surface area (Å²) in [5, 5.41) is 8.95. The summed E-state index contributed by atoms with van der Waals surface area (Å²) in [4.78, 5) is 1.37. The molecule has 0 saturated carbocycles. The number of nitrogens with zero attached hydrogens (tertiary/aromatic N) is 1. The summed E-state index contributed by atoms with van der Waals surface area (Å²) in [5.41, 5.74) is 2.85. The first-order valence-electron chi connectivity index (χ1n) is 5.87. The Morgan fingerprint density at radius 3 is 2.94 bits per heavy atom. The summed E-state index contributed by atoms with van der Waals surface area (Å²) >= 11 is 1.79. The first-order valence-corrected chi connectivity index (χ1v) is 6.64. The van der Waals surface area contributed by atoms with Gasteiger partial charge in [-0.3, -0.25) is 0 Å². The van der Waals surface area contributed by atoms with E-state index in [9.17, 15) is 0 Å². The van der Waals surface area contributed by atoms with Gasteiger partial charge in [0.15, 0.2) is 0 Å². The summed E-state index contributed by atoms with van der Waals surface area (Å²) in [6, 6.07) is 6.80. The van der Waals surface area contributed by atoms with Crippen LogP contribution in [0, 0.1) is 0 Å². The maximum Gasteiger partial charge on any atom is 0.0568 e. The van der Waals surface area contributed by atoms with Gasteiger partial charge in [-0.05, 0) is 41.5 Å². The molecule has 16 heavy (non-hydrogen) atoms. The van der Waals surface area contributed by atoms with Crippen molar-refractivity contribution in [3.8, 4) is 0 Å². The average Bonchev–Trinajstić information content (AvgIpc) is 2.28. The molecular weight excluding hydrogens is 218 g/mol. The SMILES string of the molecule is CC(C)c1ccc2c(c1)SN(CCO)CC2. The van der Waals surface area contributed by atoms with Gasteiger partial charge in [0.2, 0.25) is 0 Å². The number of hydrogen-bond donors (Lipinski definition) is 1. The van der Waals surface area contributed by atoms with E-state index in [2.05, 4.69) is 36.4 Å². The lowest BCUT2D eigenvalue weighted by Crippen LogP contribution is -2.25. The number of hydrogen-bond acceptors (Lipinski definition) is 3. The van der Waals surface area contributed by atoms with Crippen LogP contribution in [-0.2, 0) is 6.42 Å². The maximum atomic E-state index is 8.95. The summed E-state index contributed by atoms with van der Waals surface area (Å²) in [7, 11) is 0. The Morgan fingerprint density at radius 1 is 1.44 bits per heavy atom. The molecule has 1 aliphatic rings. The van der Waals surface area contributed by atoms with Crippen LogP contribution in [0.5, 0.6) is 0 Å². The number of benzene rings is 1. The lowest BCUT2D eigenvalue weighted by molar-refractivity contribution is 0.261. The van der Waals surface area contributed by atoms with Crippen molar-refractivity contribution in [3.05, 3.63) is 29.3 Å². The van der Waals surface area contributed by atoms with E-state index >= 15 is 0 Å². The van der Waals surface area contributed by atoms with Gasteiger partial charge in [0.05, 0.1) is 6.61 Å². The van der Waals surface area contributed by atoms with E-state index in [0.717, 1.165) is 19.5 Å². The van der Waals surface area contributed by atoms with Crippen molar-refractivity contribution in [1.29, 1.82) is 0 Å². The molecule has 1 N–H and O–H groups in total. The van der Waals surface area contributed by atoms with E-state index in [-0.39, 0.29) is 6.61 Å². The van der Waals surface area contributed by atoms with E-state index in [1.807, 2.05) is 0 Å². The minimum atomic E-state index is 0.242. The van der Waals surface area contributed by atoms with Crippen LogP contribution in [0.4, 0.5) is 0 Å². The number of aliphatic hydroxyl groups excluding tert-OH is 1. The van der Waals surface area contributed by atoms with E-state index in [1.165, 1.54) is 16.0 Å². The smallest absolute Gasteiger partial charge is 0.0568 e. The van der Waals surface area contributed by atoms with E-state index < -0.39 is 0 Å². The Kier molecular flexibility index (Phi) is 3.90. The first-order chi connectivity index (χ1) is 7.70. The van der Waals surface area contributed by atoms with Gasteiger partial charge in [-0.25, -0.2) is 4.31 Å². The van der Waals surface area contributed by atoms with Crippen molar-refractivity contribution in [3.63, 3.8) is 0 Å². The Balaban J connectivity index is 2.18. The molecule has 0 aromatic heterocycles. The van der Waals surface area contributed by atoms with Gasteiger partial charge in [-0.2, -0.15) is 0 Å². The van der Waals surface area contributed by atoms with Crippen LogP contribution < -0.4 is 0 Å². The third kappa shape index (κ3) is 2.59. The van der Waals surface area contributed by atoms with E-state index in [1.54, 1.807) is 11.9 Å². The molecule has 0 spiro atoms.